The lowest BCUT2D eigenvalue weighted by atomic mass is 10.2. The molecule has 3 aromatic heterocycles. The molecule has 0 spiro atoms. The summed E-state index contributed by atoms with van der Waals surface area (Å²) in [4.78, 5) is 34.8. The zero-order valence-corrected chi connectivity index (χ0v) is 18.8. The van der Waals surface area contributed by atoms with Crippen LogP contribution in [0, 0.1) is 6.92 Å². The molecular formula is C22H16N4O2S3. The lowest BCUT2D eigenvalue weighted by molar-refractivity contribution is -0.113. The number of para-hydroxylation sites is 1. The number of nitrogens with zero attached hydrogens (tertiary/aromatic N) is 3. The van der Waals surface area contributed by atoms with Crippen molar-refractivity contribution in [1.29, 1.82) is 0 Å². The second-order valence-electron chi connectivity index (χ2n) is 6.83. The summed E-state index contributed by atoms with van der Waals surface area (Å²) < 4.78 is 3.20. The van der Waals surface area contributed by atoms with E-state index < -0.39 is 0 Å². The van der Waals surface area contributed by atoms with E-state index in [1.54, 1.807) is 4.57 Å². The van der Waals surface area contributed by atoms with Crippen molar-refractivity contribution in [2.45, 2.75) is 12.1 Å². The van der Waals surface area contributed by atoms with Crippen LogP contribution in [-0.2, 0) is 4.79 Å². The minimum atomic E-state index is -0.194. The first-order valence-corrected chi connectivity index (χ1v) is 12.1. The molecule has 0 aliphatic heterocycles. The van der Waals surface area contributed by atoms with Crippen molar-refractivity contribution in [3.8, 4) is 5.69 Å². The molecule has 0 radical (unpaired) electrons. The van der Waals surface area contributed by atoms with Crippen LogP contribution in [0.1, 0.15) is 5.56 Å². The van der Waals surface area contributed by atoms with E-state index in [4.69, 9.17) is 0 Å². The molecule has 154 valence electrons. The third-order valence-electron chi connectivity index (χ3n) is 4.59. The summed E-state index contributed by atoms with van der Waals surface area (Å²) in [5, 5.41) is 5.76. The Morgan fingerprint density at radius 1 is 1.10 bits per heavy atom. The van der Waals surface area contributed by atoms with E-state index in [0.29, 0.717) is 20.5 Å². The summed E-state index contributed by atoms with van der Waals surface area (Å²) in [5.41, 5.74) is 3.25. The number of benzene rings is 2. The van der Waals surface area contributed by atoms with Crippen molar-refractivity contribution in [1.82, 2.24) is 14.5 Å². The summed E-state index contributed by atoms with van der Waals surface area (Å²) in [7, 11) is 0. The van der Waals surface area contributed by atoms with Crippen LogP contribution in [0.4, 0.5) is 5.13 Å². The topological polar surface area (TPSA) is 76.9 Å². The number of thiazole rings is 1. The van der Waals surface area contributed by atoms with Crippen LogP contribution in [0.15, 0.2) is 69.9 Å². The molecule has 5 rings (SSSR count). The van der Waals surface area contributed by atoms with Crippen LogP contribution in [-0.4, -0.2) is 26.2 Å². The van der Waals surface area contributed by atoms with E-state index in [1.807, 2.05) is 60.8 Å². The van der Waals surface area contributed by atoms with Gasteiger partial charge in [-0.1, -0.05) is 47.4 Å². The van der Waals surface area contributed by atoms with Gasteiger partial charge in [-0.15, -0.1) is 11.3 Å². The normalized spacial score (nSPS) is 11.3. The average molecular weight is 465 g/mol. The summed E-state index contributed by atoms with van der Waals surface area (Å²) in [6.07, 6.45) is 0. The predicted molar refractivity (Wildman–Crippen MR) is 129 cm³/mol. The van der Waals surface area contributed by atoms with Crippen LogP contribution >= 0.6 is 34.4 Å². The third kappa shape index (κ3) is 3.99. The number of carbonyl (C=O) groups is 1. The van der Waals surface area contributed by atoms with E-state index in [1.165, 1.54) is 34.4 Å². The maximum atomic E-state index is 13.1. The number of thioether (sulfide) groups is 1. The first-order chi connectivity index (χ1) is 15.1. The number of thiophene rings is 1. The van der Waals surface area contributed by atoms with Crippen LogP contribution in [0.25, 0.3) is 26.1 Å². The van der Waals surface area contributed by atoms with Gasteiger partial charge >= 0.3 is 0 Å². The Labute approximate surface area is 189 Å². The molecule has 0 saturated heterocycles. The number of hydrogen-bond donors (Lipinski definition) is 1. The van der Waals surface area contributed by atoms with Crippen molar-refractivity contribution in [2.75, 3.05) is 11.1 Å². The third-order valence-corrected chi connectivity index (χ3v) is 7.35. The molecule has 0 saturated carbocycles. The van der Waals surface area contributed by atoms with Crippen molar-refractivity contribution in [3.05, 3.63) is 75.9 Å². The van der Waals surface area contributed by atoms with Crippen LogP contribution < -0.4 is 10.9 Å². The molecule has 2 aromatic carbocycles. The first kappa shape index (κ1) is 19.9. The highest BCUT2D eigenvalue weighted by Crippen LogP contribution is 2.27. The SMILES string of the molecule is Cc1ccc2nc(NC(=O)CSc3nc4ccsc4c(=O)n3-c3ccccc3)sc2c1. The summed E-state index contributed by atoms with van der Waals surface area (Å²) in [5.74, 6) is -0.0794. The summed E-state index contributed by atoms with van der Waals surface area (Å²) in [6, 6.07) is 17.2. The summed E-state index contributed by atoms with van der Waals surface area (Å²) in [6.45, 7) is 2.03. The molecule has 0 bridgehead atoms. The van der Waals surface area contributed by atoms with E-state index in [9.17, 15) is 9.59 Å². The van der Waals surface area contributed by atoms with Crippen molar-refractivity contribution in [2.24, 2.45) is 0 Å². The molecule has 0 fully saturated rings. The number of aromatic nitrogens is 3. The average Bonchev–Trinajstić information content (AvgIpc) is 3.39. The lowest BCUT2D eigenvalue weighted by Gasteiger charge is -2.11. The van der Waals surface area contributed by atoms with Crippen LogP contribution in [0.5, 0.6) is 0 Å². The smallest absolute Gasteiger partial charge is 0.276 e. The molecule has 0 atom stereocenters. The first-order valence-electron chi connectivity index (χ1n) is 9.44. The van der Waals surface area contributed by atoms with Gasteiger partial charge in [0.15, 0.2) is 10.3 Å². The van der Waals surface area contributed by atoms with Crippen molar-refractivity contribution < 1.29 is 4.79 Å². The molecule has 3 heterocycles. The Bertz CT molecular complexity index is 1470. The van der Waals surface area contributed by atoms with Gasteiger partial charge in [-0.3, -0.25) is 14.2 Å². The largest absolute Gasteiger partial charge is 0.301 e. The highest BCUT2D eigenvalue weighted by molar-refractivity contribution is 7.99. The monoisotopic (exact) mass is 464 g/mol. The fourth-order valence-corrected chi connectivity index (χ4v) is 5.72. The maximum Gasteiger partial charge on any atom is 0.276 e. The van der Waals surface area contributed by atoms with Crippen LogP contribution in [0.2, 0.25) is 0 Å². The second kappa shape index (κ2) is 8.26. The zero-order chi connectivity index (χ0) is 21.4. The fraction of sp³-hybridized carbons (Fsp3) is 0.0909. The highest BCUT2D eigenvalue weighted by atomic mass is 32.2. The van der Waals surface area contributed by atoms with Gasteiger partial charge in [-0.05, 0) is 48.2 Å². The highest BCUT2D eigenvalue weighted by Gasteiger charge is 2.16. The van der Waals surface area contributed by atoms with Gasteiger partial charge in [-0.2, -0.15) is 0 Å². The lowest BCUT2D eigenvalue weighted by Crippen LogP contribution is -2.22. The van der Waals surface area contributed by atoms with Crippen molar-refractivity contribution >= 4 is 65.9 Å². The van der Waals surface area contributed by atoms with Gasteiger partial charge in [0.25, 0.3) is 5.56 Å². The fourth-order valence-electron chi connectivity index (χ4n) is 3.16. The molecule has 0 aliphatic rings. The molecular weight excluding hydrogens is 448 g/mol. The van der Waals surface area contributed by atoms with Crippen molar-refractivity contribution in [3.63, 3.8) is 0 Å². The Balaban J connectivity index is 1.41. The molecule has 1 amide bonds. The maximum absolute atomic E-state index is 13.1. The van der Waals surface area contributed by atoms with Gasteiger partial charge in [0, 0.05) is 0 Å². The molecule has 0 unspecified atom stereocenters. The number of fused-ring (bicyclic) bond motifs is 2. The molecule has 0 aliphatic carbocycles. The number of nitrogens with one attached hydrogen (secondary N) is 1. The Kier molecular flexibility index (Phi) is 5.31. The van der Waals surface area contributed by atoms with Gasteiger partial charge in [0.2, 0.25) is 5.91 Å². The molecule has 31 heavy (non-hydrogen) atoms. The number of carbonyl (C=O) groups excluding carboxylic acids is 1. The molecule has 5 aromatic rings. The van der Waals surface area contributed by atoms with Gasteiger partial charge < -0.3 is 5.32 Å². The standard InChI is InChI=1S/C22H16N4O2S3/c1-13-7-8-15-17(11-13)31-21(23-15)25-18(27)12-30-22-24-16-9-10-29-19(16)20(28)26(22)14-5-3-2-4-6-14/h2-11H,12H2,1H3,(H,23,25,27). The predicted octanol–water partition coefficient (Wildman–Crippen LogP) is 5.10. The molecule has 1 N–H and O–H groups in total. The number of hydrogen-bond acceptors (Lipinski definition) is 7. The summed E-state index contributed by atoms with van der Waals surface area (Å²) >= 11 is 4.05. The number of aryl methyl sites for hydroxylation is 1. The minimum absolute atomic E-state index is 0.115. The molecule has 9 heteroatoms. The van der Waals surface area contributed by atoms with E-state index in [2.05, 4.69) is 21.4 Å². The van der Waals surface area contributed by atoms with E-state index in [0.717, 1.165) is 21.5 Å². The van der Waals surface area contributed by atoms with Crippen LogP contribution in [0.3, 0.4) is 0 Å². The Morgan fingerprint density at radius 2 is 1.94 bits per heavy atom. The van der Waals surface area contributed by atoms with Gasteiger partial charge in [0.05, 0.1) is 27.2 Å². The number of anilines is 1. The quantitative estimate of drug-likeness (QED) is 0.289. The minimum Gasteiger partial charge on any atom is -0.301 e. The second-order valence-corrected chi connectivity index (χ2v) is 9.72. The zero-order valence-electron chi connectivity index (χ0n) is 16.4. The number of rotatable bonds is 5. The Morgan fingerprint density at radius 3 is 2.77 bits per heavy atom. The molecule has 6 nitrogen and oxygen atoms in total. The van der Waals surface area contributed by atoms with Gasteiger partial charge in [-0.25, -0.2) is 9.97 Å². The van der Waals surface area contributed by atoms with E-state index in [-0.39, 0.29) is 17.2 Å². The number of amides is 1. The van der Waals surface area contributed by atoms with E-state index >= 15 is 0 Å². The Hall–Kier alpha value is -3.01. The van der Waals surface area contributed by atoms with Gasteiger partial charge in [0.1, 0.15) is 4.70 Å².